The molecule has 0 atom stereocenters. The molecule has 1 aromatic rings. The molecule has 0 amide bonds. The van der Waals surface area contributed by atoms with Crippen LogP contribution in [0.3, 0.4) is 0 Å². The molecule has 0 saturated heterocycles. The molecule has 0 N–H and O–H groups in total. The van der Waals surface area contributed by atoms with E-state index in [1.165, 1.54) is 0 Å². The van der Waals surface area contributed by atoms with E-state index in [4.69, 9.17) is 14.2 Å². The minimum atomic E-state index is -1.55. The van der Waals surface area contributed by atoms with Crippen molar-refractivity contribution in [1.29, 1.82) is 0 Å². The summed E-state index contributed by atoms with van der Waals surface area (Å²) in [6.45, 7) is 6.13. The number of rotatable bonds is 7. The zero-order chi connectivity index (χ0) is 13.6. The number of ether oxygens (including phenoxy) is 3. The maximum Gasteiger partial charge on any atom is 0.312 e. The van der Waals surface area contributed by atoms with Crippen molar-refractivity contribution in [1.82, 2.24) is 0 Å². The highest BCUT2D eigenvalue weighted by Gasteiger charge is 2.36. The van der Waals surface area contributed by atoms with Gasteiger partial charge in [-0.3, -0.25) is 0 Å². The van der Waals surface area contributed by atoms with Gasteiger partial charge in [-0.1, -0.05) is 0 Å². The highest BCUT2D eigenvalue weighted by Crippen LogP contribution is 2.30. The Morgan fingerprint density at radius 1 is 0.833 bits per heavy atom. The molecule has 0 saturated carbocycles. The van der Waals surface area contributed by atoms with Crippen LogP contribution in [0, 0.1) is 11.6 Å². The third-order valence-corrected chi connectivity index (χ3v) is 2.22. The lowest BCUT2D eigenvalue weighted by atomic mass is 10.1. The van der Waals surface area contributed by atoms with Crippen molar-refractivity contribution in [3.63, 3.8) is 0 Å². The van der Waals surface area contributed by atoms with E-state index in [2.05, 4.69) is 0 Å². The molecular weight excluding hydrogens is 242 g/mol. The Bertz CT molecular complexity index is 345. The van der Waals surface area contributed by atoms with Gasteiger partial charge in [-0.25, -0.2) is 8.78 Å². The molecule has 0 fully saturated rings. The topological polar surface area (TPSA) is 27.7 Å². The predicted octanol–water partition coefficient (Wildman–Crippen LogP) is 3.18. The molecule has 0 aromatic heterocycles. The average Bonchev–Trinajstić information content (AvgIpc) is 2.28. The van der Waals surface area contributed by atoms with Gasteiger partial charge in [0.25, 0.3) is 0 Å². The lowest BCUT2D eigenvalue weighted by Gasteiger charge is -2.32. The standard InChI is InChI=1S/C13H18F2O3/c1-4-16-13(17-5-2,18-6-3)10-7-11(14)9-12(15)8-10/h7-9H,4-6H2,1-3H3. The number of hydrogen-bond acceptors (Lipinski definition) is 3. The molecule has 0 radical (unpaired) electrons. The molecule has 0 heterocycles. The molecule has 5 heteroatoms. The summed E-state index contributed by atoms with van der Waals surface area (Å²) in [7, 11) is 0. The summed E-state index contributed by atoms with van der Waals surface area (Å²) in [5, 5.41) is 0. The molecule has 0 unspecified atom stereocenters. The van der Waals surface area contributed by atoms with Crippen LogP contribution in [0.25, 0.3) is 0 Å². The molecule has 0 aliphatic carbocycles. The molecular formula is C13H18F2O3. The first-order chi connectivity index (χ1) is 8.57. The monoisotopic (exact) mass is 260 g/mol. The van der Waals surface area contributed by atoms with E-state index in [0.29, 0.717) is 0 Å². The van der Waals surface area contributed by atoms with Crippen LogP contribution >= 0.6 is 0 Å². The van der Waals surface area contributed by atoms with E-state index in [1.807, 2.05) is 0 Å². The molecule has 102 valence electrons. The van der Waals surface area contributed by atoms with E-state index in [-0.39, 0.29) is 25.4 Å². The summed E-state index contributed by atoms with van der Waals surface area (Å²) in [4.78, 5) is 0. The van der Waals surface area contributed by atoms with E-state index in [0.717, 1.165) is 18.2 Å². The van der Waals surface area contributed by atoms with Crippen molar-refractivity contribution < 1.29 is 23.0 Å². The largest absolute Gasteiger partial charge is 0.324 e. The molecule has 3 nitrogen and oxygen atoms in total. The smallest absolute Gasteiger partial charge is 0.312 e. The second kappa shape index (κ2) is 6.78. The molecule has 0 bridgehead atoms. The fourth-order valence-electron chi connectivity index (χ4n) is 1.68. The number of hydrogen-bond donors (Lipinski definition) is 0. The zero-order valence-corrected chi connectivity index (χ0v) is 10.8. The predicted molar refractivity (Wildman–Crippen MR) is 62.9 cm³/mol. The van der Waals surface area contributed by atoms with Gasteiger partial charge < -0.3 is 14.2 Å². The number of halogens is 2. The summed E-state index contributed by atoms with van der Waals surface area (Å²) >= 11 is 0. The van der Waals surface area contributed by atoms with E-state index >= 15 is 0 Å². The Morgan fingerprint density at radius 2 is 1.22 bits per heavy atom. The first-order valence-electron chi connectivity index (χ1n) is 5.96. The summed E-state index contributed by atoms with van der Waals surface area (Å²) in [5.41, 5.74) is 0.172. The van der Waals surface area contributed by atoms with Crippen LogP contribution in [0.4, 0.5) is 8.78 Å². The van der Waals surface area contributed by atoms with Crippen LogP contribution in [0.1, 0.15) is 26.3 Å². The maximum atomic E-state index is 13.3. The molecule has 0 aliphatic heterocycles. The minimum Gasteiger partial charge on any atom is -0.324 e. The van der Waals surface area contributed by atoms with Crippen LogP contribution in [0.5, 0.6) is 0 Å². The van der Waals surface area contributed by atoms with Crippen molar-refractivity contribution in [3.05, 3.63) is 35.4 Å². The highest BCUT2D eigenvalue weighted by molar-refractivity contribution is 5.21. The third kappa shape index (κ3) is 3.48. The van der Waals surface area contributed by atoms with Gasteiger partial charge in [-0.15, -0.1) is 0 Å². The minimum absolute atomic E-state index is 0.172. The first kappa shape index (κ1) is 15.0. The summed E-state index contributed by atoms with van der Waals surface area (Å²) < 4.78 is 42.8. The third-order valence-electron chi connectivity index (χ3n) is 2.22. The summed E-state index contributed by atoms with van der Waals surface area (Å²) in [6, 6.07) is 3.08. The van der Waals surface area contributed by atoms with Gasteiger partial charge in [0.2, 0.25) is 0 Å². The van der Waals surface area contributed by atoms with Gasteiger partial charge in [-0.05, 0) is 32.9 Å². The Hall–Kier alpha value is -1.04. The lowest BCUT2D eigenvalue weighted by molar-refractivity contribution is -0.389. The summed E-state index contributed by atoms with van der Waals surface area (Å²) in [5.74, 6) is -2.96. The van der Waals surface area contributed by atoms with Crippen molar-refractivity contribution in [2.45, 2.75) is 26.7 Å². The molecule has 1 rings (SSSR count). The highest BCUT2D eigenvalue weighted by atomic mass is 19.1. The number of benzene rings is 1. The van der Waals surface area contributed by atoms with Crippen molar-refractivity contribution in [2.75, 3.05) is 19.8 Å². The van der Waals surface area contributed by atoms with Crippen molar-refractivity contribution >= 4 is 0 Å². The molecule has 0 spiro atoms. The fourth-order valence-corrected chi connectivity index (χ4v) is 1.68. The SMILES string of the molecule is CCOC(OCC)(OCC)c1cc(F)cc(F)c1. The Kier molecular flexibility index (Phi) is 5.65. The maximum absolute atomic E-state index is 13.3. The zero-order valence-electron chi connectivity index (χ0n) is 10.8. The van der Waals surface area contributed by atoms with E-state index in [9.17, 15) is 8.78 Å². The van der Waals surface area contributed by atoms with Gasteiger partial charge in [0, 0.05) is 31.5 Å². The lowest BCUT2D eigenvalue weighted by Crippen LogP contribution is -2.37. The second-order valence-corrected chi connectivity index (χ2v) is 3.51. The molecule has 18 heavy (non-hydrogen) atoms. The van der Waals surface area contributed by atoms with Gasteiger partial charge >= 0.3 is 5.97 Å². The van der Waals surface area contributed by atoms with Gasteiger partial charge in [0.15, 0.2) is 0 Å². The Balaban J connectivity index is 3.20. The summed E-state index contributed by atoms with van der Waals surface area (Å²) in [6.07, 6.45) is 0. The Morgan fingerprint density at radius 3 is 1.56 bits per heavy atom. The molecule has 1 aromatic carbocycles. The second-order valence-electron chi connectivity index (χ2n) is 3.51. The van der Waals surface area contributed by atoms with E-state index < -0.39 is 17.6 Å². The van der Waals surface area contributed by atoms with Crippen molar-refractivity contribution in [3.8, 4) is 0 Å². The normalized spacial score (nSPS) is 11.8. The van der Waals surface area contributed by atoms with Crippen LogP contribution in [0.2, 0.25) is 0 Å². The Labute approximate surface area is 106 Å². The van der Waals surface area contributed by atoms with E-state index in [1.54, 1.807) is 20.8 Å². The average molecular weight is 260 g/mol. The fraction of sp³-hybridized carbons (Fsp3) is 0.538. The van der Waals surface area contributed by atoms with Crippen LogP contribution in [-0.2, 0) is 20.2 Å². The molecule has 0 aliphatic rings. The van der Waals surface area contributed by atoms with Crippen LogP contribution in [0.15, 0.2) is 18.2 Å². The van der Waals surface area contributed by atoms with Crippen molar-refractivity contribution in [2.24, 2.45) is 0 Å². The quantitative estimate of drug-likeness (QED) is 0.705. The van der Waals surface area contributed by atoms with Crippen LogP contribution < -0.4 is 0 Å². The van der Waals surface area contributed by atoms with Gasteiger partial charge in [0.1, 0.15) is 11.6 Å². The van der Waals surface area contributed by atoms with Gasteiger partial charge in [0.05, 0.1) is 0 Å². The van der Waals surface area contributed by atoms with Gasteiger partial charge in [-0.2, -0.15) is 0 Å². The van der Waals surface area contributed by atoms with Crippen LogP contribution in [-0.4, -0.2) is 19.8 Å². The first-order valence-corrected chi connectivity index (χ1v) is 5.96.